The zero-order valence-corrected chi connectivity index (χ0v) is 14.8. The molecule has 0 aromatic heterocycles. The van der Waals surface area contributed by atoms with Crippen LogP contribution in [0.5, 0.6) is 0 Å². The Balaban J connectivity index is 0. The predicted molar refractivity (Wildman–Crippen MR) is 95.2 cm³/mol. The number of hydrogen-bond acceptors (Lipinski definition) is 1. The molecule has 1 aliphatic heterocycles. The third kappa shape index (κ3) is 13.6. The maximum atomic E-state index is 3.95. The second-order valence-electron chi connectivity index (χ2n) is 5.00. The third-order valence-electron chi connectivity index (χ3n) is 3.13. The van der Waals surface area contributed by atoms with Crippen LogP contribution in [0.1, 0.15) is 60.3 Å². The van der Waals surface area contributed by atoms with Gasteiger partial charge < -0.3 is 4.90 Å². The summed E-state index contributed by atoms with van der Waals surface area (Å²) in [6.45, 7) is 16.6. The molecule has 1 saturated heterocycles. The van der Waals surface area contributed by atoms with Gasteiger partial charge in [-0.05, 0) is 58.7 Å². The van der Waals surface area contributed by atoms with Gasteiger partial charge in [0.05, 0.1) is 0 Å². The summed E-state index contributed by atoms with van der Waals surface area (Å²) in [6.07, 6.45) is 13.5. The van der Waals surface area contributed by atoms with Crippen LogP contribution in [0.2, 0.25) is 0 Å². The predicted octanol–water partition coefficient (Wildman–Crippen LogP) is 5.85. The van der Waals surface area contributed by atoms with Gasteiger partial charge in [-0.15, -0.1) is 6.58 Å². The van der Waals surface area contributed by atoms with E-state index < -0.39 is 0 Å². The molecule has 0 radical (unpaired) electrons. The second-order valence-corrected chi connectivity index (χ2v) is 5.00. The molecule has 0 atom stereocenters. The van der Waals surface area contributed by atoms with Crippen molar-refractivity contribution in [3.05, 3.63) is 36.5 Å². The van der Waals surface area contributed by atoms with E-state index in [4.69, 9.17) is 0 Å². The first kappa shape index (κ1) is 21.5. The minimum atomic E-state index is 0.920. The van der Waals surface area contributed by atoms with Gasteiger partial charge in [0.2, 0.25) is 0 Å². The number of allylic oxidation sites excluding steroid dienone is 5. The first-order chi connectivity index (χ1) is 9.68. The summed E-state index contributed by atoms with van der Waals surface area (Å²) in [5.74, 6) is 0.920. The number of likely N-dealkylation sites (tertiary alicyclic amines) is 1. The third-order valence-corrected chi connectivity index (χ3v) is 3.13. The summed E-state index contributed by atoms with van der Waals surface area (Å²) in [5.41, 5.74) is 1.35. The van der Waals surface area contributed by atoms with E-state index in [0.29, 0.717) is 0 Å². The van der Waals surface area contributed by atoms with Gasteiger partial charge in [-0.1, -0.05) is 57.6 Å². The summed E-state index contributed by atoms with van der Waals surface area (Å²) >= 11 is 0. The molecule has 1 aliphatic carbocycles. The quantitative estimate of drug-likeness (QED) is 0.573. The standard InChI is InChI=1S/C10H19N.C5H6.2C2H6/c1-9(2)8-10-4-6-11(3)7-5-10;1-2-4-5-3-1;2*1-2/h10H,1,4-8H2,2-3H3;1-4H,5H2;2*1-2H3. The minimum Gasteiger partial charge on any atom is -0.306 e. The fraction of sp³-hybridized carbons (Fsp3) is 0.684. The lowest BCUT2D eigenvalue weighted by atomic mass is 9.91. The molecule has 1 heteroatoms. The van der Waals surface area contributed by atoms with E-state index in [1.165, 1.54) is 37.9 Å². The Bertz CT molecular complexity index is 245. The summed E-state index contributed by atoms with van der Waals surface area (Å²) < 4.78 is 0. The fourth-order valence-electron chi connectivity index (χ4n) is 2.15. The van der Waals surface area contributed by atoms with Crippen molar-refractivity contribution in [1.82, 2.24) is 4.90 Å². The number of nitrogens with zero attached hydrogens (tertiary/aromatic N) is 1. The van der Waals surface area contributed by atoms with Crippen LogP contribution in [0.25, 0.3) is 0 Å². The summed E-state index contributed by atoms with van der Waals surface area (Å²) in [7, 11) is 2.21. The highest BCUT2D eigenvalue weighted by atomic mass is 15.1. The second kappa shape index (κ2) is 16.2. The van der Waals surface area contributed by atoms with Crippen LogP contribution < -0.4 is 0 Å². The Hall–Kier alpha value is -0.820. The van der Waals surface area contributed by atoms with E-state index in [1.54, 1.807) is 0 Å². The van der Waals surface area contributed by atoms with Crippen LogP contribution in [0, 0.1) is 5.92 Å². The molecule has 1 fully saturated rings. The van der Waals surface area contributed by atoms with Crippen molar-refractivity contribution in [2.45, 2.75) is 60.3 Å². The van der Waals surface area contributed by atoms with Crippen LogP contribution in [0.3, 0.4) is 0 Å². The minimum absolute atomic E-state index is 0.920. The Morgan fingerprint density at radius 3 is 1.80 bits per heavy atom. The van der Waals surface area contributed by atoms with Gasteiger partial charge in [-0.3, -0.25) is 0 Å². The van der Waals surface area contributed by atoms with Crippen molar-refractivity contribution in [2.24, 2.45) is 5.92 Å². The topological polar surface area (TPSA) is 3.24 Å². The molecule has 1 nitrogen and oxygen atoms in total. The highest BCUT2D eigenvalue weighted by molar-refractivity contribution is 5.12. The van der Waals surface area contributed by atoms with Crippen LogP contribution in [0.4, 0.5) is 0 Å². The van der Waals surface area contributed by atoms with Crippen molar-refractivity contribution in [3.8, 4) is 0 Å². The summed E-state index contributed by atoms with van der Waals surface area (Å²) in [5, 5.41) is 0. The maximum Gasteiger partial charge on any atom is -0.00190 e. The zero-order chi connectivity index (χ0) is 15.8. The number of piperidine rings is 1. The molecule has 20 heavy (non-hydrogen) atoms. The van der Waals surface area contributed by atoms with Crippen molar-refractivity contribution in [3.63, 3.8) is 0 Å². The van der Waals surface area contributed by atoms with E-state index in [-0.39, 0.29) is 0 Å². The smallest absolute Gasteiger partial charge is 0.00190 e. The van der Waals surface area contributed by atoms with Gasteiger partial charge >= 0.3 is 0 Å². The fourth-order valence-corrected chi connectivity index (χ4v) is 2.15. The van der Waals surface area contributed by atoms with Gasteiger partial charge in [0.15, 0.2) is 0 Å². The van der Waals surface area contributed by atoms with E-state index in [9.17, 15) is 0 Å². The average Bonchev–Trinajstić information content (AvgIpc) is 3.05. The molecule has 0 spiro atoms. The first-order valence-electron chi connectivity index (χ1n) is 8.33. The zero-order valence-electron chi connectivity index (χ0n) is 14.8. The Labute approximate surface area is 128 Å². The van der Waals surface area contributed by atoms with E-state index in [2.05, 4.69) is 49.8 Å². The van der Waals surface area contributed by atoms with Crippen LogP contribution in [-0.4, -0.2) is 25.0 Å². The highest BCUT2D eigenvalue weighted by Crippen LogP contribution is 2.22. The molecule has 0 N–H and O–H groups in total. The van der Waals surface area contributed by atoms with Gasteiger partial charge in [-0.25, -0.2) is 0 Å². The molecular formula is C19H37N. The molecule has 0 unspecified atom stereocenters. The van der Waals surface area contributed by atoms with Gasteiger partial charge in [0.1, 0.15) is 0 Å². The van der Waals surface area contributed by atoms with Crippen LogP contribution in [0.15, 0.2) is 36.5 Å². The molecule has 2 aliphatic rings. The van der Waals surface area contributed by atoms with Crippen molar-refractivity contribution in [2.75, 3.05) is 20.1 Å². The lowest BCUT2D eigenvalue weighted by Gasteiger charge is -2.28. The van der Waals surface area contributed by atoms with E-state index in [0.717, 1.165) is 12.3 Å². The summed E-state index contributed by atoms with van der Waals surface area (Å²) in [6, 6.07) is 0. The van der Waals surface area contributed by atoms with E-state index >= 15 is 0 Å². The Morgan fingerprint density at radius 1 is 1.05 bits per heavy atom. The number of rotatable bonds is 2. The molecule has 0 aromatic rings. The SMILES string of the molecule is C1=CCC=C1.C=C(C)CC1CCN(C)CC1.CC.CC. The monoisotopic (exact) mass is 279 g/mol. The maximum absolute atomic E-state index is 3.95. The van der Waals surface area contributed by atoms with Gasteiger partial charge in [0, 0.05) is 0 Å². The normalized spacial score (nSPS) is 17.1. The molecule has 1 heterocycles. The first-order valence-corrected chi connectivity index (χ1v) is 8.33. The Morgan fingerprint density at radius 2 is 1.50 bits per heavy atom. The van der Waals surface area contributed by atoms with Crippen LogP contribution >= 0.6 is 0 Å². The van der Waals surface area contributed by atoms with Gasteiger partial charge in [-0.2, -0.15) is 0 Å². The van der Waals surface area contributed by atoms with Crippen molar-refractivity contribution >= 4 is 0 Å². The molecule has 118 valence electrons. The van der Waals surface area contributed by atoms with Crippen molar-refractivity contribution in [1.29, 1.82) is 0 Å². The summed E-state index contributed by atoms with van der Waals surface area (Å²) in [4.78, 5) is 2.41. The van der Waals surface area contributed by atoms with Crippen LogP contribution in [-0.2, 0) is 0 Å². The molecule has 0 saturated carbocycles. The molecule has 2 rings (SSSR count). The van der Waals surface area contributed by atoms with Crippen molar-refractivity contribution < 1.29 is 0 Å². The Kier molecular flexibility index (Phi) is 17.4. The average molecular weight is 280 g/mol. The lowest BCUT2D eigenvalue weighted by molar-refractivity contribution is 0.219. The number of hydrogen-bond donors (Lipinski definition) is 0. The molecule has 0 bridgehead atoms. The largest absolute Gasteiger partial charge is 0.306 e. The molecule has 0 amide bonds. The van der Waals surface area contributed by atoms with E-state index in [1.807, 2.05) is 27.7 Å². The molecule has 0 aromatic carbocycles. The van der Waals surface area contributed by atoms with Gasteiger partial charge in [0.25, 0.3) is 0 Å². The molecular weight excluding hydrogens is 242 g/mol. The highest BCUT2D eigenvalue weighted by Gasteiger charge is 2.15. The lowest BCUT2D eigenvalue weighted by Crippen LogP contribution is -2.30.